The van der Waals surface area contributed by atoms with E-state index in [1.807, 2.05) is 7.05 Å². The highest BCUT2D eigenvalue weighted by molar-refractivity contribution is 14.0. The van der Waals surface area contributed by atoms with Gasteiger partial charge in [-0.15, -0.1) is 24.0 Å². The van der Waals surface area contributed by atoms with Gasteiger partial charge in [-0.2, -0.15) is 0 Å². The van der Waals surface area contributed by atoms with Gasteiger partial charge in [-0.05, 0) is 37.2 Å². The molecule has 2 unspecified atom stereocenters. The molecule has 1 aromatic carbocycles. The first-order chi connectivity index (χ1) is 13.4. The van der Waals surface area contributed by atoms with Crippen molar-refractivity contribution in [3.05, 3.63) is 35.9 Å². The molecule has 166 valence electrons. The number of guanidine groups is 1. The van der Waals surface area contributed by atoms with Crippen molar-refractivity contribution in [1.29, 1.82) is 0 Å². The van der Waals surface area contributed by atoms with Gasteiger partial charge >= 0.3 is 0 Å². The van der Waals surface area contributed by atoms with Crippen molar-refractivity contribution in [3.63, 3.8) is 0 Å². The molecule has 0 bridgehead atoms. The Labute approximate surface area is 194 Å². The zero-order valence-electron chi connectivity index (χ0n) is 18.2. The third-order valence-corrected chi connectivity index (χ3v) is 7.63. The molecule has 1 N–H and O–H groups in total. The van der Waals surface area contributed by atoms with E-state index in [0.717, 1.165) is 38.3 Å². The number of likely N-dealkylation sites (tertiary alicyclic amines) is 1. The van der Waals surface area contributed by atoms with Crippen molar-refractivity contribution in [1.82, 2.24) is 14.5 Å². The Balaban J connectivity index is 0.00000420. The van der Waals surface area contributed by atoms with E-state index in [9.17, 15) is 8.42 Å². The number of rotatable bonds is 8. The van der Waals surface area contributed by atoms with Gasteiger partial charge in [-0.25, -0.2) is 12.7 Å². The number of hydrogen-bond donors (Lipinski definition) is 1. The number of piperidine rings is 1. The number of hydrogen-bond acceptors (Lipinski definition) is 3. The Morgan fingerprint density at radius 2 is 1.97 bits per heavy atom. The summed E-state index contributed by atoms with van der Waals surface area (Å²) in [6, 6.07) is 10.8. The lowest BCUT2D eigenvalue weighted by Crippen LogP contribution is -2.48. The zero-order chi connectivity index (χ0) is 20.6. The monoisotopic (exact) mass is 536 g/mol. The average molecular weight is 537 g/mol. The summed E-state index contributed by atoms with van der Waals surface area (Å²) in [6.45, 7) is 7.17. The second-order valence-corrected chi connectivity index (χ2v) is 9.83. The maximum Gasteiger partial charge on any atom is 0.213 e. The van der Waals surface area contributed by atoms with E-state index in [0.29, 0.717) is 24.9 Å². The van der Waals surface area contributed by atoms with Crippen LogP contribution in [0.3, 0.4) is 0 Å². The molecule has 1 saturated heterocycles. The quantitative estimate of drug-likeness (QED) is 0.240. The van der Waals surface area contributed by atoms with Gasteiger partial charge in [0.25, 0.3) is 0 Å². The molecule has 1 aliphatic heterocycles. The number of nitrogens with one attached hydrogen (secondary N) is 1. The van der Waals surface area contributed by atoms with Crippen LogP contribution in [-0.2, 0) is 10.0 Å². The second kappa shape index (κ2) is 12.7. The average Bonchev–Trinajstić information content (AvgIpc) is 2.73. The molecule has 0 aliphatic carbocycles. The third-order valence-electron chi connectivity index (χ3n) is 5.77. The predicted octanol–water partition coefficient (Wildman–Crippen LogP) is 3.37. The molecular weight excluding hydrogens is 499 g/mol. The van der Waals surface area contributed by atoms with Gasteiger partial charge in [0.05, 0.1) is 5.75 Å². The van der Waals surface area contributed by atoms with Crippen LogP contribution in [0.25, 0.3) is 0 Å². The molecule has 1 fully saturated rings. The number of aliphatic imine (C=N–C) groups is 1. The van der Waals surface area contributed by atoms with Gasteiger partial charge in [0.15, 0.2) is 5.96 Å². The molecule has 0 spiro atoms. The largest absolute Gasteiger partial charge is 0.356 e. The molecule has 2 rings (SSSR count). The summed E-state index contributed by atoms with van der Waals surface area (Å²) in [5.41, 5.74) is 1.44. The molecule has 1 aromatic rings. The predicted molar refractivity (Wildman–Crippen MR) is 133 cm³/mol. The van der Waals surface area contributed by atoms with Crippen LogP contribution in [0.1, 0.15) is 44.6 Å². The summed E-state index contributed by atoms with van der Waals surface area (Å²) in [6.07, 6.45) is 3.03. The zero-order valence-corrected chi connectivity index (χ0v) is 21.3. The van der Waals surface area contributed by atoms with Crippen LogP contribution in [0, 0.1) is 5.92 Å². The van der Waals surface area contributed by atoms with Gasteiger partial charge in [0.2, 0.25) is 10.0 Å². The highest BCUT2D eigenvalue weighted by Crippen LogP contribution is 2.34. The first-order valence-corrected chi connectivity index (χ1v) is 12.0. The Morgan fingerprint density at radius 3 is 2.55 bits per heavy atom. The summed E-state index contributed by atoms with van der Waals surface area (Å²) in [4.78, 5) is 6.81. The van der Waals surface area contributed by atoms with Crippen molar-refractivity contribution in [2.45, 2.75) is 39.0 Å². The fraction of sp³-hybridized carbons (Fsp3) is 0.667. The fourth-order valence-corrected chi connectivity index (χ4v) is 4.82. The molecule has 1 heterocycles. The van der Waals surface area contributed by atoms with Gasteiger partial charge in [0.1, 0.15) is 0 Å². The van der Waals surface area contributed by atoms with Gasteiger partial charge in [-0.3, -0.25) is 4.99 Å². The first-order valence-electron chi connectivity index (χ1n) is 10.4. The van der Waals surface area contributed by atoms with E-state index in [-0.39, 0.29) is 29.7 Å². The summed E-state index contributed by atoms with van der Waals surface area (Å²) >= 11 is 0. The SMILES string of the molecule is CCC1CN(C(=NC)NCCCN(C)S(=O)(=O)CC)CCC1c1ccccc1.I. The summed E-state index contributed by atoms with van der Waals surface area (Å²) in [7, 11) is 0.363. The van der Waals surface area contributed by atoms with Crippen LogP contribution >= 0.6 is 24.0 Å². The van der Waals surface area contributed by atoms with Crippen LogP contribution in [0.15, 0.2) is 35.3 Å². The van der Waals surface area contributed by atoms with E-state index >= 15 is 0 Å². The molecule has 6 nitrogen and oxygen atoms in total. The normalized spacial score (nSPS) is 20.4. The third kappa shape index (κ3) is 7.40. The standard InChI is InChI=1S/C21H36N4O2S.HI/c1-5-18-17-25(16-13-20(18)19-11-8-7-9-12-19)21(22-3)23-14-10-15-24(4)28(26,27)6-2;/h7-9,11-12,18,20H,5-6,10,13-17H2,1-4H3,(H,22,23);1H. The van der Waals surface area contributed by atoms with Gasteiger partial charge in [0, 0.05) is 40.3 Å². The van der Waals surface area contributed by atoms with E-state index in [2.05, 4.69) is 52.5 Å². The van der Waals surface area contributed by atoms with Crippen LogP contribution in [0.4, 0.5) is 0 Å². The molecule has 1 aliphatic rings. The van der Waals surface area contributed by atoms with Crippen LogP contribution < -0.4 is 5.32 Å². The van der Waals surface area contributed by atoms with E-state index < -0.39 is 10.0 Å². The first kappa shape index (κ1) is 26.2. The van der Waals surface area contributed by atoms with Crippen LogP contribution in [0.5, 0.6) is 0 Å². The van der Waals surface area contributed by atoms with E-state index in [1.54, 1.807) is 14.0 Å². The summed E-state index contributed by atoms with van der Waals surface area (Å²) in [5.74, 6) is 2.28. The maximum absolute atomic E-state index is 11.8. The molecule has 29 heavy (non-hydrogen) atoms. The van der Waals surface area contributed by atoms with Crippen molar-refractivity contribution in [3.8, 4) is 0 Å². The molecule has 0 radical (unpaired) electrons. The fourth-order valence-electron chi connectivity index (χ4n) is 3.97. The van der Waals surface area contributed by atoms with Crippen molar-refractivity contribution in [2.75, 3.05) is 46.0 Å². The van der Waals surface area contributed by atoms with E-state index in [4.69, 9.17) is 0 Å². The molecular formula is C21H37IN4O2S. The Bertz CT molecular complexity index is 727. The number of nitrogens with zero attached hydrogens (tertiary/aromatic N) is 3. The Kier molecular flexibility index (Phi) is 11.5. The summed E-state index contributed by atoms with van der Waals surface area (Å²) in [5, 5.41) is 3.42. The lowest BCUT2D eigenvalue weighted by molar-refractivity contribution is 0.215. The summed E-state index contributed by atoms with van der Waals surface area (Å²) < 4.78 is 25.1. The smallest absolute Gasteiger partial charge is 0.213 e. The minimum atomic E-state index is -3.10. The van der Waals surface area contributed by atoms with Gasteiger partial charge < -0.3 is 10.2 Å². The molecule has 0 amide bonds. The minimum Gasteiger partial charge on any atom is -0.356 e. The minimum absolute atomic E-state index is 0. The topological polar surface area (TPSA) is 65.0 Å². The van der Waals surface area contributed by atoms with Crippen molar-refractivity contribution < 1.29 is 8.42 Å². The number of sulfonamides is 1. The molecule has 2 atom stereocenters. The van der Waals surface area contributed by atoms with Crippen LogP contribution in [0.2, 0.25) is 0 Å². The second-order valence-electron chi connectivity index (χ2n) is 7.47. The molecule has 8 heteroatoms. The number of halogens is 1. The highest BCUT2D eigenvalue weighted by Gasteiger charge is 2.30. The Morgan fingerprint density at radius 1 is 1.28 bits per heavy atom. The van der Waals surface area contributed by atoms with Crippen molar-refractivity contribution >= 4 is 40.0 Å². The molecule has 0 aromatic heterocycles. The lowest BCUT2D eigenvalue weighted by atomic mass is 9.79. The Hall–Kier alpha value is -0.870. The maximum atomic E-state index is 11.8. The number of benzene rings is 1. The highest BCUT2D eigenvalue weighted by atomic mass is 127. The van der Waals surface area contributed by atoms with Crippen LogP contribution in [-0.4, -0.2) is 69.6 Å². The van der Waals surface area contributed by atoms with E-state index in [1.165, 1.54) is 9.87 Å². The lowest BCUT2D eigenvalue weighted by Gasteiger charge is -2.40. The van der Waals surface area contributed by atoms with Crippen molar-refractivity contribution in [2.24, 2.45) is 10.9 Å². The van der Waals surface area contributed by atoms with Gasteiger partial charge in [-0.1, -0.05) is 43.7 Å². The molecule has 0 saturated carbocycles.